The molecule has 1 fully saturated rings. The average molecular weight is 405 g/mol. The summed E-state index contributed by atoms with van der Waals surface area (Å²) in [5.74, 6) is -0.652. The van der Waals surface area contributed by atoms with Gasteiger partial charge in [-0.3, -0.25) is 14.4 Å². The topological polar surface area (TPSA) is 84.3 Å². The minimum atomic E-state index is -0.396. The second-order valence-corrected chi connectivity index (χ2v) is 6.68. The van der Waals surface area contributed by atoms with E-state index in [0.29, 0.717) is 13.1 Å². The van der Waals surface area contributed by atoms with E-state index in [2.05, 4.69) is 26.3 Å². The number of aromatic nitrogens is 2. The van der Waals surface area contributed by atoms with Crippen LogP contribution in [0.15, 0.2) is 51.9 Å². The summed E-state index contributed by atoms with van der Waals surface area (Å²) in [6.07, 6.45) is 1.70. The van der Waals surface area contributed by atoms with E-state index >= 15 is 0 Å². The molecule has 1 aliphatic heterocycles. The van der Waals surface area contributed by atoms with Crippen LogP contribution in [0.5, 0.6) is 0 Å². The second-order valence-electron chi connectivity index (χ2n) is 5.76. The van der Waals surface area contributed by atoms with E-state index in [1.807, 2.05) is 24.3 Å². The summed E-state index contributed by atoms with van der Waals surface area (Å²) >= 11 is 3.38. The van der Waals surface area contributed by atoms with E-state index in [4.69, 9.17) is 0 Å². The lowest BCUT2D eigenvalue weighted by atomic mass is 10.1. The van der Waals surface area contributed by atoms with Crippen molar-refractivity contribution in [3.8, 4) is 0 Å². The lowest BCUT2D eigenvalue weighted by Gasteiger charge is -2.17. The van der Waals surface area contributed by atoms with Crippen LogP contribution in [0.25, 0.3) is 0 Å². The number of carbonyl (C=O) groups excluding carboxylic acids is 2. The maximum Gasteiger partial charge on any atom is 0.266 e. The van der Waals surface area contributed by atoms with Crippen LogP contribution in [0, 0.1) is 5.92 Å². The monoisotopic (exact) mass is 404 g/mol. The molecular formula is C17H17BrN4O3. The van der Waals surface area contributed by atoms with Gasteiger partial charge >= 0.3 is 0 Å². The number of amides is 2. The quantitative estimate of drug-likeness (QED) is 0.810. The van der Waals surface area contributed by atoms with Crippen LogP contribution < -0.4 is 15.8 Å². The zero-order chi connectivity index (χ0) is 17.8. The van der Waals surface area contributed by atoms with Gasteiger partial charge in [0.15, 0.2) is 0 Å². The van der Waals surface area contributed by atoms with Gasteiger partial charge in [0.2, 0.25) is 11.8 Å². The van der Waals surface area contributed by atoms with Gasteiger partial charge in [-0.05, 0) is 24.3 Å². The highest BCUT2D eigenvalue weighted by atomic mass is 79.9. The van der Waals surface area contributed by atoms with Crippen molar-refractivity contribution >= 4 is 33.4 Å². The molecule has 0 radical (unpaired) electrons. The van der Waals surface area contributed by atoms with E-state index in [9.17, 15) is 14.4 Å². The van der Waals surface area contributed by atoms with Gasteiger partial charge in [-0.25, -0.2) is 4.68 Å². The number of hydrogen-bond acceptors (Lipinski definition) is 4. The number of halogens is 1. The first-order chi connectivity index (χ1) is 12.0. The molecule has 2 aromatic rings. The summed E-state index contributed by atoms with van der Waals surface area (Å²) in [6, 6.07) is 10.4. The van der Waals surface area contributed by atoms with Crippen LogP contribution in [0.4, 0.5) is 5.69 Å². The molecule has 1 unspecified atom stereocenters. The number of benzene rings is 1. The summed E-state index contributed by atoms with van der Waals surface area (Å²) in [6.45, 7) is 0.934. The molecule has 3 rings (SSSR count). The third-order valence-electron chi connectivity index (χ3n) is 4.02. The van der Waals surface area contributed by atoms with Gasteiger partial charge in [0.05, 0.1) is 12.5 Å². The van der Waals surface area contributed by atoms with E-state index < -0.39 is 5.92 Å². The van der Waals surface area contributed by atoms with Crippen molar-refractivity contribution in [2.45, 2.75) is 13.0 Å². The minimum Gasteiger partial charge on any atom is -0.354 e. The molecule has 1 aliphatic rings. The molecule has 25 heavy (non-hydrogen) atoms. The highest BCUT2D eigenvalue weighted by molar-refractivity contribution is 9.10. The highest BCUT2D eigenvalue weighted by Crippen LogP contribution is 2.27. The second kappa shape index (κ2) is 7.60. The van der Waals surface area contributed by atoms with Crippen LogP contribution in [-0.4, -0.2) is 34.7 Å². The maximum absolute atomic E-state index is 12.3. The fourth-order valence-electron chi connectivity index (χ4n) is 2.76. The maximum atomic E-state index is 12.3. The molecule has 1 aromatic heterocycles. The number of nitrogens with zero attached hydrogens (tertiary/aromatic N) is 3. The molecule has 1 N–H and O–H groups in total. The molecular weight excluding hydrogens is 388 g/mol. The molecule has 7 nitrogen and oxygen atoms in total. The number of hydrogen-bond donors (Lipinski definition) is 1. The predicted octanol–water partition coefficient (Wildman–Crippen LogP) is 1.18. The van der Waals surface area contributed by atoms with Crippen molar-refractivity contribution in [3.63, 3.8) is 0 Å². The lowest BCUT2D eigenvalue weighted by molar-refractivity contribution is -0.126. The van der Waals surface area contributed by atoms with Crippen molar-refractivity contribution < 1.29 is 9.59 Å². The molecule has 1 aromatic carbocycles. The number of nitrogens with one attached hydrogen (secondary N) is 1. The molecule has 1 saturated heterocycles. The van der Waals surface area contributed by atoms with Gasteiger partial charge in [-0.1, -0.05) is 22.0 Å². The molecule has 130 valence electrons. The SMILES string of the molecule is O=C(NCCn1ncccc1=O)C1CC(=O)N(c2cccc(Br)c2)C1. The summed E-state index contributed by atoms with van der Waals surface area (Å²) in [4.78, 5) is 37.7. The molecule has 0 aliphatic carbocycles. The Morgan fingerprint density at radius 1 is 1.28 bits per heavy atom. The van der Waals surface area contributed by atoms with Crippen LogP contribution in [-0.2, 0) is 16.1 Å². The van der Waals surface area contributed by atoms with Crippen molar-refractivity contribution in [1.29, 1.82) is 0 Å². The Labute approximate surface area is 152 Å². The normalized spacial score (nSPS) is 16.9. The average Bonchev–Trinajstić information content (AvgIpc) is 2.98. The van der Waals surface area contributed by atoms with Gasteiger partial charge in [0, 0.05) is 41.9 Å². The Balaban J connectivity index is 1.56. The van der Waals surface area contributed by atoms with Gasteiger partial charge in [-0.2, -0.15) is 5.10 Å². The first-order valence-electron chi connectivity index (χ1n) is 7.90. The lowest BCUT2D eigenvalue weighted by Crippen LogP contribution is -2.36. The van der Waals surface area contributed by atoms with Gasteiger partial charge in [-0.15, -0.1) is 0 Å². The molecule has 0 spiro atoms. The van der Waals surface area contributed by atoms with Crippen molar-refractivity contribution in [2.24, 2.45) is 5.92 Å². The van der Waals surface area contributed by atoms with Crippen molar-refractivity contribution in [1.82, 2.24) is 15.1 Å². The zero-order valence-corrected chi connectivity index (χ0v) is 15.0. The van der Waals surface area contributed by atoms with Crippen molar-refractivity contribution in [3.05, 3.63) is 57.4 Å². The molecule has 2 amide bonds. The van der Waals surface area contributed by atoms with Crippen LogP contribution in [0.2, 0.25) is 0 Å². The van der Waals surface area contributed by atoms with Crippen LogP contribution in [0.3, 0.4) is 0 Å². The Bertz CT molecular complexity index is 852. The molecule has 2 heterocycles. The zero-order valence-electron chi connectivity index (χ0n) is 13.4. The van der Waals surface area contributed by atoms with E-state index in [0.717, 1.165) is 10.2 Å². The summed E-state index contributed by atoms with van der Waals surface area (Å²) in [7, 11) is 0. The van der Waals surface area contributed by atoms with Crippen LogP contribution >= 0.6 is 15.9 Å². The third-order valence-corrected chi connectivity index (χ3v) is 4.52. The number of carbonyl (C=O) groups is 2. The van der Waals surface area contributed by atoms with Gasteiger partial charge < -0.3 is 10.2 Å². The summed E-state index contributed by atoms with van der Waals surface area (Å²) < 4.78 is 2.17. The largest absolute Gasteiger partial charge is 0.354 e. The molecule has 0 bridgehead atoms. The van der Waals surface area contributed by atoms with Gasteiger partial charge in [0.1, 0.15) is 0 Å². The Morgan fingerprint density at radius 2 is 2.12 bits per heavy atom. The van der Waals surface area contributed by atoms with E-state index in [-0.39, 0.29) is 30.3 Å². The number of anilines is 1. The minimum absolute atomic E-state index is 0.0702. The smallest absolute Gasteiger partial charge is 0.266 e. The number of rotatable bonds is 5. The fourth-order valence-corrected chi connectivity index (χ4v) is 3.15. The van der Waals surface area contributed by atoms with E-state index in [1.165, 1.54) is 16.9 Å². The molecule has 0 saturated carbocycles. The van der Waals surface area contributed by atoms with E-state index in [1.54, 1.807) is 11.0 Å². The molecule has 8 heteroatoms. The summed E-state index contributed by atoms with van der Waals surface area (Å²) in [5.41, 5.74) is 0.559. The highest BCUT2D eigenvalue weighted by Gasteiger charge is 2.34. The Kier molecular flexibility index (Phi) is 5.28. The third kappa shape index (κ3) is 4.14. The fraction of sp³-hybridized carbons (Fsp3) is 0.294. The Morgan fingerprint density at radius 3 is 2.88 bits per heavy atom. The van der Waals surface area contributed by atoms with Crippen LogP contribution in [0.1, 0.15) is 6.42 Å². The first-order valence-corrected chi connectivity index (χ1v) is 8.69. The predicted molar refractivity (Wildman–Crippen MR) is 96.1 cm³/mol. The molecule has 1 atom stereocenters. The standard InChI is InChI=1S/C17H17BrN4O3/c18-13-3-1-4-14(10-13)21-11-12(9-16(21)24)17(25)19-7-8-22-15(23)5-2-6-20-22/h1-6,10,12H,7-9,11H2,(H,19,25). The van der Waals surface area contributed by atoms with Gasteiger partial charge in [0.25, 0.3) is 5.56 Å². The van der Waals surface area contributed by atoms with Crippen molar-refractivity contribution in [2.75, 3.05) is 18.0 Å². The summed E-state index contributed by atoms with van der Waals surface area (Å²) in [5, 5.41) is 6.71. The first kappa shape index (κ1) is 17.3. The Hall–Kier alpha value is -2.48.